The average Bonchev–Trinajstić information content (AvgIpc) is 3.13. The maximum Gasteiger partial charge on any atom is 0.236 e. The number of carbonyl (C=O) groups is 1. The summed E-state index contributed by atoms with van der Waals surface area (Å²) >= 11 is 0. The highest BCUT2D eigenvalue weighted by Gasteiger charge is 2.23. The Morgan fingerprint density at radius 3 is 2.36 bits per heavy atom. The zero-order chi connectivity index (χ0) is 22.2. The number of benzene rings is 1. The zero-order valence-electron chi connectivity index (χ0n) is 19.4. The molecule has 3 heterocycles. The summed E-state index contributed by atoms with van der Waals surface area (Å²) in [6, 6.07) is 9.89. The van der Waals surface area contributed by atoms with Crippen molar-refractivity contribution >= 4 is 35.8 Å². The van der Waals surface area contributed by atoms with E-state index in [4.69, 9.17) is 4.42 Å². The Hall–Kier alpha value is -2.14. The van der Waals surface area contributed by atoms with Gasteiger partial charge >= 0.3 is 0 Å². The zero-order valence-corrected chi connectivity index (χ0v) is 21.7. The summed E-state index contributed by atoms with van der Waals surface area (Å²) in [4.78, 5) is 28.3. The fourth-order valence-electron chi connectivity index (χ4n) is 4.33. The number of likely N-dealkylation sites (tertiary alicyclic amines) is 1. The summed E-state index contributed by atoms with van der Waals surface area (Å²) in [7, 11) is 1.80. The van der Waals surface area contributed by atoms with Crippen LogP contribution in [0.5, 0.6) is 0 Å². The Morgan fingerprint density at radius 1 is 1.00 bits per heavy atom. The first kappa shape index (κ1) is 25.5. The Bertz CT molecular complexity index is 887. The van der Waals surface area contributed by atoms with Crippen LogP contribution in [0.2, 0.25) is 0 Å². The first-order valence-corrected chi connectivity index (χ1v) is 11.7. The van der Waals surface area contributed by atoms with Gasteiger partial charge in [-0.3, -0.25) is 14.7 Å². The number of aromatic nitrogens is 1. The van der Waals surface area contributed by atoms with Gasteiger partial charge in [-0.05, 0) is 25.0 Å². The van der Waals surface area contributed by atoms with Crippen molar-refractivity contribution in [1.82, 2.24) is 25.0 Å². The van der Waals surface area contributed by atoms with E-state index in [9.17, 15) is 4.79 Å². The van der Waals surface area contributed by atoms with Crippen LogP contribution < -0.4 is 5.32 Å². The van der Waals surface area contributed by atoms with Gasteiger partial charge in [0.05, 0.1) is 18.8 Å². The van der Waals surface area contributed by atoms with Crippen molar-refractivity contribution < 1.29 is 9.21 Å². The van der Waals surface area contributed by atoms with Crippen LogP contribution in [0, 0.1) is 0 Å². The standard InChI is InChI=1S/C24H34N6O2.HI/c1-25-24(26-17-21-19-32-23(27-21)20-9-5-4-6-10-20)30-15-13-28(14-16-30)18-22(31)29-11-7-2-3-8-12-29;/h4-6,9-10,19H,2-3,7-8,11-18H2,1H3,(H,25,26);1H. The minimum Gasteiger partial charge on any atom is -0.444 e. The van der Waals surface area contributed by atoms with E-state index < -0.39 is 0 Å². The van der Waals surface area contributed by atoms with Crippen molar-refractivity contribution in [3.8, 4) is 11.5 Å². The first-order chi connectivity index (χ1) is 15.7. The largest absolute Gasteiger partial charge is 0.444 e. The van der Waals surface area contributed by atoms with E-state index in [1.54, 1.807) is 13.3 Å². The fourth-order valence-corrected chi connectivity index (χ4v) is 4.33. The molecular weight excluding hydrogens is 531 g/mol. The van der Waals surface area contributed by atoms with Gasteiger partial charge < -0.3 is 19.5 Å². The highest BCUT2D eigenvalue weighted by molar-refractivity contribution is 14.0. The second-order valence-electron chi connectivity index (χ2n) is 8.47. The summed E-state index contributed by atoms with van der Waals surface area (Å²) in [5.41, 5.74) is 1.81. The van der Waals surface area contributed by atoms with Crippen LogP contribution >= 0.6 is 24.0 Å². The van der Waals surface area contributed by atoms with Gasteiger partial charge in [0.15, 0.2) is 5.96 Å². The molecule has 0 bridgehead atoms. The van der Waals surface area contributed by atoms with Crippen molar-refractivity contribution in [3.05, 3.63) is 42.3 Å². The Kier molecular flexibility index (Phi) is 9.98. The molecule has 1 aromatic carbocycles. The van der Waals surface area contributed by atoms with Crippen molar-refractivity contribution in [2.45, 2.75) is 32.2 Å². The van der Waals surface area contributed by atoms with Crippen LogP contribution in [0.1, 0.15) is 31.4 Å². The summed E-state index contributed by atoms with van der Waals surface area (Å²) in [5, 5.41) is 3.39. The normalized spacial score (nSPS) is 17.9. The van der Waals surface area contributed by atoms with E-state index >= 15 is 0 Å². The summed E-state index contributed by atoms with van der Waals surface area (Å²) in [5.74, 6) is 1.76. The lowest BCUT2D eigenvalue weighted by atomic mass is 10.2. The number of nitrogens with zero attached hydrogens (tertiary/aromatic N) is 5. The Labute approximate surface area is 213 Å². The molecule has 0 unspecified atom stereocenters. The molecule has 1 aromatic heterocycles. The number of hydrogen-bond acceptors (Lipinski definition) is 5. The number of rotatable bonds is 5. The molecule has 0 aliphatic carbocycles. The molecule has 0 saturated carbocycles. The highest BCUT2D eigenvalue weighted by atomic mass is 127. The molecular formula is C24H35IN6O2. The Morgan fingerprint density at radius 2 is 1.70 bits per heavy atom. The number of halogens is 1. The van der Waals surface area contributed by atoms with E-state index in [0.29, 0.717) is 19.0 Å². The molecule has 2 aliphatic heterocycles. The third-order valence-corrected chi connectivity index (χ3v) is 6.20. The third kappa shape index (κ3) is 7.17. The van der Waals surface area contributed by atoms with Gasteiger partial charge in [0, 0.05) is 51.9 Å². The fraction of sp³-hybridized carbons (Fsp3) is 0.542. The molecule has 2 aliphatic rings. The number of carbonyl (C=O) groups excluding carboxylic acids is 1. The van der Waals surface area contributed by atoms with Crippen LogP contribution in [0.15, 0.2) is 46.0 Å². The van der Waals surface area contributed by atoms with E-state index in [-0.39, 0.29) is 29.9 Å². The van der Waals surface area contributed by atoms with Gasteiger partial charge in [0.25, 0.3) is 0 Å². The molecule has 9 heteroatoms. The second-order valence-corrected chi connectivity index (χ2v) is 8.47. The Balaban J connectivity index is 0.00000306. The number of oxazole rings is 1. The summed E-state index contributed by atoms with van der Waals surface area (Å²) in [6.45, 7) is 6.34. The highest BCUT2D eigenvalue weighted by Crippen LogP contribution is 2.18. The van der Waals surface area contributed by atoms with E-state index in [0.717, 1.165) is 69.3 Å². The number of piperazine rings is 1. The molecule has 1 amide bonds. The summed E-state index contributed by atoms with van der Waals surface area (Å²) < 4.78 is 5.62. The minimum atomic E-state index is 0. The molecule has 2 saturated heterocycles. The van der Waals surface area contributed by atoms with E-state index in [1.165, 1.54) is 12.8 Å². The molecule has 2 aromatic rings. The average molecular weight is 566 g/mol. The maximum absolute atomic E-state index is 12.7. The molecule has 180 valence electrons. The van der Waals surface area contributed by atoms with E-state index in [2.05, 4.69) is 30.0 Å². The predicted octanol–water partition coefficient (Wildman–Crippen LogP) is 3.06. The predicted molar refractivity (Wildman–Crippen MR) is 141 cm³/mol. The monoisotopic (exact) mass is 566 g/mol. The maximum atomic E-state index is 12.7. The minimum absolute atomic E-state index is 0. The molecule has 0 atom stereocenters. The lowest BCUT2D eigenvalue weighted by Gasteiger charge is -2.36. The van der Waals surface area contributed by atoms with Crippen LogP contribution in [0.3, 0.4) is 0 Å². The van der Waals surface area contributed by atoms with E-state index in [1.807, 2.05) is 30.3 Å². The van der Waals surface area contributed by atoms with Gasteiger partial charge in [-0.15, -0.1) is 24.0 Å². The van der Waals surface area contributed by atoms with Crippen LogP contribution in [-0.4, -0.2) is 84.4 Å². The summed E-state index contributed by atoms with van der Waals surface area (Å²) in [6.07, 6.45) is 6.46. The topological polar surface area (TPSA) is 77.2 Å². The quantitative estimate of drug-likeness (QED) is 0.341. The van der Waals surface area contributed by atoms with Crippen LogP contribution in [-0.2, 0) is 11.3 Å². The smallest absolute Gasteiger partial charge is 0.236 e. The lowest BCUT2D eigenvalue weighted by molar-refractivity contribution is -0.132. The number of amides is 1. The number of guanidine groups is 1. The molecule has 2 fully saturated rings. The first-order valence-electron chi connectivity index (χ1n) is 11.7. The molecule has 4 rings (SSSR count). The van der Waals surface area contributed by atoms with Gasteiger partial charge in [0.1, 0.15) is 6.26 Å². The second kappa shape index (κ2) is 12.9. The lowest BCUT2D eigenvalue weighted by Crippen LogP contribution is -2.54. The van der Waals surface area contributed by atoms with Gasteiger partial charge in [-0.1, -0.05) is 31.0 Å². The molecule has 1 N–H and O–H groups in total. The van der Waals surface area contributed by atoms with Gasteiger partial charge in [0.2, 0.25) is 11.8 Å². The number of aliphatic imine (C=N–C) groups is 1. The molecule has 8 nitrogen and oxygen atoms in total. The van der Waals surface area contributed by atoms with Crippen molar-refractivity contribution in [2.24, 2.45) is 4.99 Å². The van der Waals surface area contributed by atoms with Gasteiger partial charge in [-0.2, -0.15) is 0 Å². The third-order valence-electron chi connectivity index (χ3n) is 6.20. The number of nitrogens with one attached hydrogen (secondary N) is 1. The van der Waals surface area contributed by atoms with Crippen molar-refractivity contribution in [1.29, 1.82) is 0 Å². The molecule has 0 radical (unpaired) electrons. The number of hydrogen-bond donors (Lipinski definition) is 1. The molecule has 0 spiro atoms. The SMILES string of the molecule is CN=C(NCc1coc(-c2ccccc2)n1)N1CCN(CC(=O)N2CCCCCC2)CC1.I. The van der Waals surface area contributed by atoms with Crippen LogP contribution in [0.25, 0.3) is 11.5 Å². The van der Waals surface area contributed by atoms with Crippen molar-refractivity contribution in [2.75, 3.05) is 52.9 Å². The van der Waals surface area contributed by atoms with Gasteiger partial charge in [-0.25, -0.2) is 4.98 Å². The van der Waals surface area contributed by atoms with Crippen molar-refractivity contribution in [3.63, 3.8) is 0 Å². The molecule has 33 heavy (non-hydrogen) atoms. The van der Waals surface area contributed by atoms with Crippen LogP contribution in [0.4, 0.5) is 0 Å².